The number of nitrogens with zero attached hydrogens (tertiary/aromatic N) is 1. The van der Waals surface area contributed by atoms with Crippen molar-refractivity contribution in [3.8, 4) is 5.75 Å². The van der Waals surface area contributed by atoms with Crippen LogP contribution in [-0.4, -0.2) is 40.3 Å². The van der Waals surface area contributed by atoms with E-state index in [1.54, 1.807) is 12.1 Å². The summed E-state index contributed by atoms with van der Waals surface area (Å²) >= 11 is 0. The molecule has 6 nitrogen and oxygen atoms in total. The van der Waals surface area contributed by atoms with E-state index in [9.17, 15) is 14.7 Å². The highest BCUT2D eigenvalue weighted by Crippen LogP contribution is 2.26. The standard InChI is InChI=1S/C14H19NO5/c1-3-15(4-2)10-6-5-9(12(16)8-10)7-11(13(17)18)14(19)20/h5-6,8,11,16H,3-4,7H2,1-2H3,(H,17,18)(H,19,20). The lowest BCUT2D eigenvalue weighted by molar-refractivity contribution is -0.154. The van der Waals surface area contributed by atoms with Crippen LogP contribution in [-0.2, 0) is 16.0 Å². The summed E-state index contributed by atoms with van der Waals surface area (Å²) in [4.78, 5) is 23.7. The van der Waals surface area contributed by atoms with E-state index in [0.717, 1.165) is 18.8 Å². The Morgan fingerprint density at radius 2 is 1.70 bits per heavy atom. The minimum atomic E-state index is -1.56. The second-order valence-electron chi connectivity index (χ2n) is 4.42. The summed E-state index contributed by atoms with van der Waals surface area (Å²) in [7, 11) is 0. The first-order chi connectivity index (χ1) is 9.40. The summed E-state index contributed by atoms with van der Waals surface area (Å²) in [6.07, 6.45) is -0.241. The van der Waals surface area contributed by atoms with E-state index in [1.807, 2.05) is 18.7 Å². The lowest BCUT2D eigenvalue weighted by Gasteiger charge is -2.21. The van der Waals surface area contributed by atoms with Gasteiger partial charge >= 0.3 is 11.9 Å². The summed E-state index contributed by atoms with van der Waals surface area (Å²) in [6.45, 7) is 5.53. The van der Waals surface area contributed by atoms with Gasteiger partial charge in [-0.1, -0.05) is 6.07 Å². The van der Waals surface area contributed by atoms with Crippen LogP contribution in [0, 0.1) is 5.92 Å². The largest absolute Gasteiger partial charge is 0.508 e. The van der Waals surface area contributed by atoms with Gasteiger partial charge in [-0.25, -0.2) is 0 Å². The molecule has 6 heteroatoms. The molecule has 1 rings (SSSR count). The maximum atomic E-state index is 10.9. The van der Waals surface area contributed by atoms with E-state index < -0.39 is 17.9 Å². The molecule has 0 aromatic heterocycles. The van der Waals surface area contributed by atoms with E-state index >= 15 is 0 Å². The zero-order chi connectivity index (χ0) is 15.3. The number of carbonyl (C=O) groups is 2. The molecule has 0 atom stereocenters. The van der Waals surface area contributed by atoms with E-state index in [4.69, 9.17) is 10.2 Å². The Labute approximate surface area is 117 Å². The third-order valence-electron chi connectivity index (χ3n) is 3.22. The first kappa shape index (κ1) is 15.8. The van der Waals surface area contributed by atoms with Gasteiger partial charge in [0, 0.05) is 24.8 Å². The molecule has 0 spiro atoms. The summed E-state index contributed by atoms with van der Waals surface area (Å²) < 4.78 is 0. The maximum absolute atomic E-state index is 10.9. The van der Waals surface area contributed by atoms with Gasteiger partial charge in [-0.2, -0.15) is 0 Å². The normalized spacial score (nSPS) is 10.6. The van der Waals surface area contributed by atoms with Crippen LogP contribution in [0.4, 0.5) is 5.69 Å². The zero-order valence-electron chi connectivity index (χ0n) is 11.5. The monoisotopic (exact) mass is 281 g/mol. The van der Waals surface area contributed by atoms with Crippen LogP contribution >= 0.6 is 0 Å². The van der Waals surface area contributed by atoms with Crippen molar-refractivity contribution in [3.63, 3.8) is 0 Å². The molecule has 0 heterocycles. The Bertz CT molecular complexity index is 482. The van der Waals surface area contributed by atoms with Crippen molar-refractivity contribution < 1.29 is 24.9 Å². The van der Waals surface area contributed by atoms with Crippen LogP contribution in [0.15, 0.2) is 18.2 Å². The second kappa shape index (κ2) is 6.79. The van der Waals surface area contributed by atoms with Crippen LogP contribution in [0.3, 0.4) is 0 Å². The number of carboxylic acid groups (broad SMARTS) is 2. The number of hydrogen-bond acceptors (Lipinski definition) is 4. The number of rotatable bonds is 7. The summed E-state index contributed by atoms with van der Waals surface area (Å²) in [5.74, 6) is -4.46. The molecular weight excluding hydrogens is 262 g/mol. The van der Waals surface area contributed by atoms with Crippen molar-refractivity contribution in [3.05, 3.63) is 23.8 Å². The minimum absolute atomic E-state index is 0.0816. The van der Waals surface area contributed by atoms with Crippen LogP contribution in [0.25, 0.3) is 0 Å². The predicted octanol–water partition coefficient (Wildman–Crippen LogP) is 1.57. The van der Waals surface area contributed by atoms with Gasteiger partial charge in [0.15, 0.2) is 5.92 Å². The molecule has 0 aliphatic rings. The van der Waals surface area contributed by atoms with Gasteiger partial charge in [-0.05, 0) is 31.9 Å². The number of hydrogen-bond donors (Lipinski definition) is 3. The molecule has 0 aliphatic carbocycles. The fourth-order valence-electron chi connectivity index (χ4n) is 2.01. The molecule has 0 fully saturated rings. The molecular formula is C14H19NO5. The fourth-order valence-corrected chi connectivity index (χ4v) is 2.01. The molecule has 110 valence electrons. The van der Waals surface area contributed by atoms with Gasteiger partial charge in [-0.3, -0.25) is 9.59 Å². The predicted molar refractivity (Wildman–Crippen MR) is 74.1 cm³/mol. The molecule has 0 aliphatic heterocycles. The van der Waals surface area contributed by atoms with Crippen molar-refractivity contribution in [1.29, 1.82) is 0 Å². The Balaban J connectivity index is 2.98. The number of benzene rings is 1. The Morgan fingerprint density at radius 1 is 1.15 bits per heavy atom. The average molecular weight is 281 g/mol. The van der Waals surface area contributed by atoms with Crippen molar-refractivity contribution in [1.82, 2.24) is 0 Å². The average Bonchev–Trinajstić information content (AvgIpc) is 2.38. The highest BCUT2D eigenvalue weighted by molar-refractivity contribution is 5.93. The number of phenols is 1. The van der Waals surface area contributed by atoms with Crippen LogP contribution in [0.5, 0.6) is 5.75 Å². The molecule has 0 bridgehead atoms. The zero-order valence-corrected chi connectivity index (χ0v) is 11.5. The van der Waals surface area contributed by atoms with Crippen LogP contribution < -0.4 is 4.90 Å². The Kier molecular flexibility index (Phi) is 5.37. The van der Waals surface area contributed by atoms with E-state index in [2.05, 4.69) is 0 Å². The molecule has 0 amide bonds. The molecule has 1 aromatic carbocycles. The number of aromatic hydroxyl groups is 1. The summed E-state index contributed by atoms with van der Waals surface area (Å²) in [6, 6.07) is 4.85. The highest BCUT2D eigenvalue weighted by Gasteiger charge is 2.27. The van der Waals surface area contributed by atoms with Gasteiger partial charge in [0.25, 0.3) is 0 Å². The third-order valence-corrected chi connectivity index (χ3v) is 3.22. The lowest BCUT2D eigenvalue weighted by atomic mass is 9.98. The van der Waals surface area contributed by atoms with E-state index in [1.165, 1.54) is 6.07 Å². The molecule has 0 unspecified atom stereocenters. The van der Waals surface area contributed by atoms with Gasteiger partial charge in [0.05, 0.1) is 0 Å². The first-order valence-corrected chi connectivity index (χ1v) is 6.43. The van der Waals surface area contributed by atoms with Crippen molar-refractivity contribution >= 4 is 17.6 Å². The fraction of sp³-hybridized carbons (Fsp3) is 0.429. The van der Waals surface area contributed by atoms with E-state index in [0.29, 0.717) is 5.56 Å². The molecule has 0 saturated heterocycles. The minimum Gasteiger partial charge on any atom is -0.508 e. The van der Waals surface area contributed by atoms with Gasteiger partial charge in [0.1, 0.15) is 5.75 Å². The number of carboxylic acids is 2. The molecule has 3 N–H and O–H groups in total. The Hall–Kier alpha value is -2.24. The number of phenolic OH excluding ortho intramolecular Hbond substituents is 1. The quantitative estimate of drug-likeness (QED) is 0.656. The molecule has 0 radical (unpaired) electrons. The molecule has 20 heavy (non-hydrogen) atoms. The number of anilines is 1. The molecule has 1 aromatic rings. The van der Waals surface area contributed by atoms with Gasteiger partial charge in [-0.15, -0.1) is 0 Å². The Morgan fingerprint density at radius 3 is 2.10 bits per heavy atom. The smallest absolute Gasteiger partial charge is 0.318 e. The second-order valence-corrected chi connectivity index (χ2v) is 4.42. The summed E-state index contributed by atoms with van der Waals surface area (Å²) in [5, 5.41) is 27.6. The number of aliphatic carboxylic acids is 2. The third kappa shape index (κ3) is 3.63. The van der Waals surface area contributed by atoms with Gasteiger partial charge < -0.3 is 20.2 Å². The lowest BCUT2D eigenvalue weighted by Crippen LogP contribution is -2.25. The van der Waals surface area contributed by atoms with Crippen molar-refractivity contribution in [2.24, 2.45) is 5.92 Å². The first-order valence-electron chi connectivity index (χ1n) is 6.43. The van der Waals surface area contributed by atoms with E-state index in [-0.39, 0.29) is 12.2 Å². The SMILES string of the molecule is CCN(CC)c1ccc(CC(C(=O)O)C(=O)O)c(O)c1. The van der Waals surface area contributed by atoms with Crippen molar-refractivity contribution in [2.75, 3.05) is 18.0 Å². The topological polar surface area (TPSA) is 98.1 Å². The van der Waals surface area contributed by atoms with Crippen LogP contribution in [0.2, 0.25) is 0 Å². The summed E-state index contributed by atoms with van der Waals surface area (Å²) in [5.41, 5.74) is 1.13. The van der Waals surface area contributed by atoms with Crippen molar-refractivity contribution in [2.45, 2.75) is 20.3 Å². The molecule has 0 saturated carbocycles. The highest BCUT2D eigenvalue weighted by atomic mass is 16.4. The van der Waals surface area contributed by atoms with Gasteiger partial charge in [0.2, 0.25) is 0 Å². The maximum Gasteiger partial charge on any atom is 0.318 e. The van der Waals surface area contributed by atoms with Crippen LogP contribution in [0.1, 0.15) is 19.4 Å².